The number of benzene rings is 3. The number of halogens is 2. The van der Waals surface area contributed by atoms with Crippen LogP contribution in [0.15, 0.2) is 84.9 Å². The van der Waals surface area contributed by atoms with Crippen molar-refractivity contribution in [2.24, 2.45) is 0 Å². The lowest BCUT2D eigenvalue weighted by Gasteiger charge is -2.13. The second-order valence-corrected chi connectivity index (χ2v) is 6.99. The highest BCUT2D eigenvalue weighted by Gasteiger charge is 2.10. The first-order chi connectivity index (χ1) is 13.7. The van der Waals surface area contributed by atoms with Crippen molar-refractivity contribution in [2.45, 2.75) is 0 Å². The fourth-order valence-electron chi connectivity index (χ4n) is 2.73. The van der Waals surface area contributed by atoms with Crippen LogP contribution in [0, 0.1) is 0 Å². The van der Waals surface area contributed by atoms with Crippen LogP contribution in [-0.4, -0.2) is 10.2 Å². The summed E-state index contributed by atoms with van der Waals surface area (Å²) >= 11 is 12.0. The molecule has 0 aliphatic carbocycles. The highest BCUT2D eigenvalue weighted by molar-refractivity contribution is 6.30. The lowest BCUT2D eigenvalue weighted by molar-refractivity contribution is 1.04. The largest absolute Gasteiger partial charge is 0.354 e. The van der Waals surface area contributed by atoms with E-state index in [1.165, 1.54) is 0 Å². The minimum absolute atomic E-state index is 0.624. The summed E-state index contributed by atoms with van der Waals surface area (Å²) in [5.74, 6) is 0.624. The van der Waals surface area contributed by atoms with Gasteiger partial charge in [0.2, 0.25) is 0 Å². The monoisotopic (exact) mass is 406 g/mol. The number of hydrogen-bond acceptors (Lipinski definition) is 4. The van der Waals surface area contributed by atoms with E-state index in [4.69, 9.17) is 23.2 Å². The van der Waals surface area contributed by atoms with Gasteiger partial charge in [0, 0.05) is 33.0 Å². The highest BCUT2D eigenvalue weighted by atomic mass is 35.5. The van der Waals surface area contributed by atoms with Crippen LogP contribution in [0.5, 0.6) is 0 Å². The van der Waals surface area contributed by atoms with Crippen molar-refractivity contribution < 1.29 is 0 Å². The van der Waals surface area contributed by atoms with Gasteiger partial charge in [-0.1, -0.05) is 53.5 Å². The molecule has 3 aromatic carbocycles. The molecule has 0 fully saturated rings. The van der Waals surface area contributed by atoms with E-state index in [-0.39, 0.29) is 0 Å². The van der Waals surface area contributed by atoms with Crippen LogP contribution in [0.25, 0.3) is 11.3 Å². The molecule has 0 unspecified atom stereocenters. The van der Waals surface area contributed by atoms with E-state index in [0.717, 1.165) is 28.3 Å². The first-order valence-electron chi connectivity index (χ1n) is 8.66. The molecule has 4 rings (SSSR count). The van der Waals surface area contributed by atoms with Gasteiger partial charge in [0.15, 0.2) is 5.82 Å². The summed E-state index contributed by atoms with van der Waals surface area (Å²) in [5.41, 5.74) is 4.36. The number of aromatic nitrogens is 2. The van der Waals surface area contributed by atoms with Gasteiger partial charge >= 0.3 is 0 Å². The third-order valence-electron chi connectivity index (χ3n) is 4.08. The summed E-state index contributed by atoms with van der Waals surface area (Å²) in [7, 11) is 0. The Morgan fingerprint density at radius 2 is 1.18 bits per heavy atom. The molecule has 4 aromatic rings. The van der Waals surface area contributed by atoms with Gasteiger partial charge in [-0.3, -0.25) is 0 Å². The second kappa shape index (κ2) is 8.30. The van der Waals surface area contributed by atoms with Crippen molar-refractivity contribution in [3.8, 4) is 11.3 Å². The first kappa shape index (κ1) is 18.3. The van der Waals surface area contributed by atoms with Crippen LogP contribution in [0.2, 0.25) is 10.0 Å². The molecule has 0 amide bonds. The SMILES string of the molecule is Clc1ccc(Nc2cc(Nc3ccc(Cl)cc3)c(-c3ccccc3)nn2)cc1. The summed E-state index contributed by atoms with van der Waals surface area (Å²) in [6.07, 6.45) is 0. The minimum atomic E-state index is 0.624. The molecular formula is C22H16Cl2N4. The minimum Gasteiger partial charge on any atom is -0.354 e. The predicted molar refractivity (Wildman–Crippen MR) is 117 cm³/mol. The van der Waals surface area contributed by atoms with Crippen LogP contribution in [0.3, 0.4) is 0 Å². The van der Waals surface area contributed by atoms with E-state index in [1.54, 1.807) is 0 Å². The quantitative estimate of drug-likeness (QED) is 0.376. The molecule has 0 aliphatic heterocycles. The number of anilines is 4. The van der Waals surface area contributed by atoms with Crippen molar-refractivity contribution in [1.29, 1.82) is 0 Å². The predicted octanol–water partition coefficient (Wildman–Crippen LogP) is 6.94. The Labute approximate surface area is 173 Å². The Bertz CT molecular complexity index is 1070. The van der Waals surface area contributed by atoms with Gasteiger partial charge < -0.3 is 10.6 Å². The molecule has 4 nitrogen and oxygen atoms in total. The zero-order valence-corrected chi connectivity index (χ0v) is 16.2. The smallest absolute Gasteiger partial charge is 0.155 e. The van der Waals surface area contributed by atoms with Gasteiger partial charge in [-0.05, 0) is 48.5 Å². The number of nitrogens with zero attached hydrogens (tertiary/aromatic N) is 2. The van der Waals surface area contributed by atoms with Crippen LogP contribution >= 0.6 is 23.2 Å². The Morgan fingerprint density at radius 1 is 0.607 bits per heavy atom. The molecule has 0 atom stereocenters. The topological polar surface area (TPSA) is 49.8 Å². The van der Waals surface area contributed by atoms with Crippen molar-refractivity contribution in [1.82, 2.24) is 10.2 Å². The third-order valence-corrected chi connectivity index (χ3v) is 4.58. The van der Waals surface area contributed by atoms with Gasteiger partial charge in [-0.25, -0.2) is 0 Å². The van der Waals surface area contributed by atoms with Gasteiger partial charge in [-0.15, -0.1) is 10.2 Å². The number of nitrogens with one attached hydrogen (secondary N) is 2. The van der Waals surface area contributed by atoms with Gasteiger partial charge in [0.05, 0.1) is 5.69 Å². The molecule has 1 aromatic heterocycles. The number of rotatable bonds is 5. The van der Waals surface area contributed by atoms with Crippen molar-refractivity contribution in [3.05, 3.63) is 95.0 Å². The molecule has 0 spiro atoms. The molecule has 1 heterocycles. The van der Waals surface area contributed by atoms with E-state index in [2.05, 4.69) is 20.8 Å². The van der Waals surface area contributed by atoms with E-state index in [1.807, 2.05) is 84.9 Å². The summed E-state index contributed by atoms with van der Waals surface area (Å²) in [5, 5.41) is 16.8. The molecule has 0 saturated heterocycles. The van der Waals surface area contributed by atoms with Crippen LogP contribution in [-0.2, 0) is 0 Å². The summed E-state index contributed by atoms with van der Waals surface area (Å²) in [4.78, 5) is 0. The average molecular weight is 407 g/mol. The van der Waals surface area contributed by atoms with Crippen molar-refractivity contribution in [2.75, 3.05) is 10.6 Å². The van der Waals surface area contributed by atoms with Gasteiger partial charge in [-0.2, -0.15) is 0 Å². The van der Waals surface area contributed by atoms with Crippen molar-refractivity contribution >= 4 is 46.1 Å². The Hall–Kier alpha value is -3.08. The Morgan fingerprint density at radius 3 is 1.79 bits per heavy atom. The van der Waals surface area contributed by atoms with E-state index in [0.29, 0.717) is 15.9 Å². The summed E-state index contributed by atoms with van der Waals surface area (Å²) in [6.45, 7) is 0. The molecule has 0 bridgehead atoms. The van der Waals surface area contributed by atoms with Crippen LogP contribution < -0.4 is 10.6 Å². The third kappa shape index (κ3) is 4.42. The normalized spacial score (nSPS) is 10.5. The maximum absolute atomic E-state index is 6.00. The first-order valence-corrected chi connectivity index (χ1v) is 9.41. The molecule has 0 saturated carbocycles. The molecule has 0 aliphatic rings. The lowest BCUT2D eigenvalue weighted by atomic mass is 10.1. The fourth-order valence-corrected chi connectivity index (χ4v) is 2.98. The van der Waals surface area contributed by atoms with Crippen LogP contribution in [0.4, 0.5) is 22.9 Å². The molecule has 2 N–H and O–H groups in total. The van der Waals surface area contributed by atoms with E-state index < -0.39 is 0 Å². The molecular weight excluding hydrogens is 391 g/mol. The Kier molecular flexibility index (Phi) is 5.42. The summed E-state index contributed by atoms with van der Waals surface area (Å²) in [6, 6.07) is 26.8. The molecule has 0 radical (unpaired) electrons. The lowest BCUT2D eigenvalue weighted by Crippen LogP contribution is -2.01. The van der Waals surface area contributed by atoms with Crippen LogP contribution in [0.1, 0.15) is 0 Å². The van der Waals surface area contributed by atoms with Crippen molar-refractivity contribution in [3.63, 3.8) is 0 Å². The molecule has 138 valence electrons. The average Bonchev–Trinajstić information content (AvgIpc) is 2.72. The standard InChI is InChI=1S/C22H16Cl2N4/c23-16-6-10-18(11-7-16)25-20-14-21(26-19-12-8-17(24)9-13-19)27-28-22(20)15-4-2-1-3-5-15/h1-14H,(H2,25,26,27). The maximum Gasteiger partial charge on any atom is 0.155 e. The molecule has 6 heteroatoms. The Balaban J connectivity index is 1.70. The number of hydrogen-bond donors (Lipinski definition) is 2. The summed E-state index contributed by atoms with van der Waals surface area (Å²) < 4.78 is 0. The van der Waals surface area contributed by atoms with Gasteiger partial charge in [0.25, 0.3) is 0 Å². The molecule has 28 heavy (non-hydrogen) atoms. The van der Waals surface area contributed by atoms with E-state index >= 15 is 0 Å². The van der Waals surface area contributed by atoms with E-state index in [9.17, 15) is 0 Å². The van der Waals surface area contributed by atoms with Gasteiger partial charge in [0.1, 0.15) is 5.69 Å². The zero-order valence-electron chi connectivity index (χ0n) is 14.7. The maximum atomic E-state index is 6.00. The highest BCUT2D eigenvalue weighted by Crippen LogP contribution is 2.31. The zero-order chi connectivity index (χ0) is 19.3. The fraction of sp³-hybridized carbons (Fsp3) is 0. The second-order valence-electron chi connectivity index (χ2n) is 6.12.